The lowest BCUT2D eigenvalue weighted by atomic mass is 9.94. The van der Waals surface area contributed by atoms with E-state index in [2.05, 4.69) is 44.6 Å². The van der Waals surface area contributed by atoms with Crippen LogP contribution < -0.4 is 0 Å². The second-order valence-electron chi connectivity index (χ2n) is 10.7. The number of hydrogen-bond acceptors (Lipinski definition) is 2. The molecule has 206 valence electrons. The molecule has 0 spiro atoms. The number of nitriles is 2. The van der Waals surface area contributed by atoms with Crippen molar-refractivity contribution in [2.75, 3.05) is 0 Å². The van der Waals surface area contributed by atoms with Crippen LogP contribution in [0.1, 0.15) is 11.1 Å². The van der Waals surface area contributed by atoms with Gasteiger partial charge in [0.1, 0.15) is 0 Å². The smallest absolute Gasteiger partial charge is 0.189 e. The third-order valence-electron chi connectivity index (χ3n) is 8.00. The molecule has 7 rings (SSSR count). The van der Waals surface area contributed by atoms with Crippen LogP contribution >= 0.6 is 0 Å². The molecule has 0 aliphatic heterocycles. The summed E-state index contributed by atoms with van der Waals surface area (Å²) in [5.41, 5.74) is 10.4. The van der Waals surface area contributed by atoms with E-state index in [1.54, 1.807) is 12.1 Å². The van der Waals surface area contributed by atoms with Crippen molar-refractivity contribution in [2.45, 2.75) is 0 Å². The first-order chi connectivity index (χ1) is 22.1. The van der Waals surface area contributed by atoms with Crippen LogP contribution in [0.2, 0.25) is 0 Å². The molecule has 1 aromatic heterocycles. The molecule has 5 nitrogen and oxygen atoms in total. The zero-order valence-corrected chi connectivity index (χ0v) is 23.9. The Balaban J connectivity index is 1.40. The topological polar surface area (TPSA) is 61.2 Å². The van der Waals surface area contributed by atoms with E-state index < -0.39 is 0 Å². The minimum absolute atomic E-state index is 0.493. The molecule has 0 amide bonds. The Morgan fingerprint density at radius 3 is 1.76 bits per heavy atom. The molecule has 0 atom stereocenters. The van der Waals surface area contributed by atoms with Gasteiger partial charge in [-0.25, -0.2) is 9.69 Å². The van der Waals surface area contributed by atoms with Gasteiger partial charge in [-0.15, -0.1) is 0 Å². The molecule has 0 aliphatic rings. The first kappa shape index (κ1) is 26.9. The second-order valence-corrected chi connectivity index (χ2v) is 10.7. The van der Waals surface area contributed by atoms with Crippen molar-refractivity contribution in [3.63, 3.8) is 0 Å². The average Bonchev–Trinajstić information content (AvgIpc) is 3.44. The van der Waals surface area contributed by atoms with Crippen molar-refractivity contribution in [3.05, 3.63) is 161 Å². The summed E-state index contributed by atoms with van der Waals surface area (Å²) in [5, 5.41) is 21.1. The van der Waals surface area contributed by atoms with Crippen molar-refractivity contribution in [2.24, 2.45) is 0 Å². The number of rotatable bonds is 4. The Bertz CT molecular complexity index is 2400. The highest BCUT2D eigenvalue weighted by molar-refractivity contribution is 6.10. The van der Waals surface area contributed by atoms with Crippen LogP contribution in [0.4, 0.5) is 11.4 Å². The van der Waals surface area contributed by atoms with E-state index in [1.165, 1.54) is 0 Å². The van der Waals surface area contributed by atoms with Crippen molar-refractivity contribution >= 4 is 33.2 Å². The maximum Gasteiger partial charge on any atom is 0.189 e. The van der Waals surface area contributed by atoms with Crippen LogP contribution in [0.25, 0.3) is 70.6 Å². The predicted octanol–water partition coefficient (Wildman–Crippen LogP) is 10.6. The van der Waals surface area contributed by atoms with Gasteiger partial charge in [0, 0.05) is 11.1 Å². The standard InChI is InChI=1S/C40H21N5/c1-43-34-12-14-40-38(23-34)37-17-26(24-41)11-13-39(37)45(40)36-21-33(20-35(22-36)44-2)30-10-6-9-29(18-30)32-16-27(25-42)15-31(19-32)28-7-4-3-5-8-28/h3-23H. The quantitative estimate of drug-likeness (QED) is 0.197. The van der Waals surface area contributed by atoms with Crippen molar-refractivity contribution in [3.8, 4) is 51.2 Å². The minimum Gasteiger partial charge on any atom is -0.311 e. The monoisotopic (exact) mass is 571 g/mol. The van der Waals surface area contributed by atoms with Gasteiger partial charge in [0.25, 0.3) is 0 Å². The summed E-state index contributed by atoms with van der Waals surface area (Å²) in [6.07, 6.45) is 0. The molecule has 0 bridgehead atoms. The van der Waals surface area contributed by atoms with Crippen LogP contribution in [0.3, 0.4) is 0 Å². The Kier molecular flexibility index (Phi) is 6.62. The molecule has 0 radical (unpaired) electrons. The lowest BCUT2D eigenvalue weighted by molar-refractivity contribution is 1.18. The molecular weight excluding hydrogens is 550 g/mol. The zero-order chi connectivity index (χ0) is 30.9. The summed E-state index contributed by atoms with van der Waals surface area (Å²) in [5.74, 6) is 0. The lowest BCUT2D eigenvalue weighted by Gasteiger charge is -2.13. The Hall–Kier alpha value is -6.92. The predicted molar refractivity (Wildman–Crippen MR) is 179 cm³/mol. The van der Waals surface area contributed by atoms with Crippen LogP contribution in [-0.2, 0) is 0 Å². The summed E-state index contributed by atoms with van der Waals surface area (Å²) >= 11 is 0. The minimum atomic E-state index is 0.493. The first-order valence-electron chi connectivity index (χ1n) is 14.2. The molecule has 1 heterocycles. The van der Waals surface area contributed by atoms with Crippen LogP contribution in [0.15, 0.2) is 127 Å². The Morgan fingerprint density at radius 2 is 1.07 bits per heavy atom. The molecule has 6 aromatic carbocycles. The van der Waals surface area contributed by atoms with Gasteiger partial charge < -0.3 is 4.57 Å². The molecule has 0 saturated heterocycles. The van der Waals surface area contributed by atoms with Gasteiger partial charge in [-0.3, -0.25) is 0 Å². The van der Waals surface area contributed by atoms with E-state index in [0.29, 0.717) is 22.5 Å². The van der Waals surface area contributed by atoms with Crippen molar-refractivity contribution in [1.82, 2.24) is 4.57 Å². The summed E-state index contributed by atoms with van der Waals surface area (Å²) in [4.78, 5) is 7.43. The molecule has 0 fully saturated rings. The lowest BCUT2D eigenvalue weighted by Crippen LogP contribution is -1.95. The molecule has 0 aliphatic carbocycles. The fourth-order valence-corrected chi connectivity index (χ4v) is 5.92. The Labute approximate surface area is 260 Å². The normalized spacial score (nSPS) is 10.6. The van der Waals surface area contributed by atoms with Crippen molar-refractivity contribution < 1.29 is 0 Å². The molecule has 0 unspecified atom stereocenters. The van der Waals surface area contributed by atoms with Crippen LogP contribution in [0.5, 0.6) is 0 Å². The maximum absolute atomic E-state index is 9.79. The fraction of sp³-hybridized carbons (Fsp3) is 0. The number of fused-ring (bicyclic) bond motifs is 3. The number of nitrogens with zero attached hydrogens (tertiary/aromatic N) is 5. The van der Waals surface area contributed by atoms with Crippen LogP contribution in [0, 0.1) is 35.8 Å². The van der Waals surface area contributed by atoms with Gasteiger partial charge in [0.05, 0.1) is 47.4 Å². The average molecular weight is 572 g/mol. The number of aromatic nitrogens is 1. The van der Waals surface area contributed by atoms with E-state index in [9.17, 15) is 10.5 Å². The van der Waals surface area contributed by atoms with Gasteiger partial charge in [-0.2, -0.15) is 10.5 Å². The Morgan fingerprint density at radius 1 is 0.467 bits per heavy atom. The second kappa shape index (κ2) is 11.1. The maximum atomic E-state index is 9.79. The van der Waals surface area contributed by atoms with Gasteiger partial charge >= 0.3 is 0 Å². The van der Waals surface area contributed by atoms with Crippen LogP contribution in [-0.4, -0.2) is 4.57 Å². The van der Waals surface area contributed by atoms with E-state index >= 15 is 0 Å². The third-order valence-corrected chi connectivity index (χ3v) is 8.00. The largest absolute Gasteiger partial charge is 0.311 e. The molecule has 45 heavy (non-hydrogen) atoms. The number of hydrogen-bond donors (Lipinski definition) is 0. The molecular formula is C40H21N5. The SMILES string of the molecule is [C-]#[N+]c1cc(-c2cccc(-c3cc(C#N)cc(-c4ccccc4)c3)c2)cc(-n2c3ccc(C#N)cc3c3cc([N+]#[C-])ccc32)c1. The molecule has 7 aromatic rings. The van der Waals surface area contributed by atoms with E-state index in [4.69, 9.17) is 13.1 Å². The highest BCUT2D eigenvalue weighted by Gasteiger charge is 2.16. The highest BCUT2D eigenvalue weighted by atomic mass is 15.0. The van der Waals surface area contributed by atoms with Gasteiger partial charge in [-0.05, 0) is 112 Å². The highest BCUT2D eigenvalue weighted by Crippen LogP contribution is 2.38. The molecule has 0 saturated carbocycles. The first-order valence-corrected chi connectivity index (χ1v) is 14.2. The zero-order valence-electron chi connectivity index (χ0n) is 23.9. The van der Waals surface area contributed by atoms with E-state index in [1.807, 2.05) is 97.1 Å². The third kappa shape index (κ3) is 4.84. The van der Waals surface area contributed by atoms with E-state index in [-0.39, 0.29) is 0 Å². The summed E-state index contributed by atoms with van der Waals surface area (Å²) in [6, 6.07) is 45.5. The van der Waals surface area contributed by atoms with E-state index in [0.717, 1.165) is 60.9 Å². The van der Waals surface area contributed by atoms with Gasteiger partial charge in [0.2, 0.25) is 0 Å². The number of benzene rings is 6. The fourth-order valence-electron chi connectivity index (χ4n) is 5.92. The van der Waals surface area contributed by atoms with Gasteiger partial charge in [-0.1, -0.05) is 54.6 Å². The van der Waals surface area contributed by atoms with Crippen molar-refractivity contribution in [1.29, 1.82) is 10.5 Å². The summed E-state index contributed by atoms with van der Waals surface area (Å²) in [6.45, 7) is 15.4. The van der Waals surface area contributed by atoms with Gasteiger partial charge in [0.15, 0.2) is 11.4 Å². The summed E-state index contributed by atoms with van der Waals surface area (Å²) < 4.78 is 2.09. The molecule has 5 heteroatoms. The summed E-state index contributed by atoms with van der Waals surface area (Å²) in [7, 11) is 0. The molecule has 0 N–H and O–H groups in total.